The number of nitrogens with two attached hydrogens (primary N) is 1. The molecule has 0 aromatic heterocycles. The first kappa shape index (κ1) is 33.7. The minimum absolute atomic E-state index is 0.0731. The standard InChI is InChI=1S/C33H30N2.C17H18/c1-32(2)26-11-7-5-9-22(26)24-15-13-20(17-28(24)32)30(34)19-31(35)21-14-16-25-23-10-6-8-12-27(23)33(3,4)29(25)18-21;1-11-5-7-13-14-8-6-12(2)10-16(14)17(3,4)15(13)9-11/h5-19,34H,35H2,1-4H3;5-10H,1-4H3/b31-19-,34-30?;. The number of allylic oxidation sites excluding steroid dienone is 1. The smallest absolute Gasteiger partial charge is 0.0633 e. The van der Waals surface area contributed by atoms with Gasteiger partial charge < -0.3 is 11.1 Å². The molecule has 3 aliphatic carbocycles. The first-order valence-corrected chi connectivity index (χ1v) is 18.5. The molecular weight excluding hydrogens is 629 g/mol. The summed E-state index contributed by atoms with van der Waals surface area (Å²) in [4.78, 5) is 0. The molecule has 0 fully saturated rings. The van der Waals surface area contributed by atoms with E-state index in [0.29, 0.717) is 11.4 Å². The average molecular weight is 677 g/mol. The summed E-state index contributed by atoms with van der Waals surface area (Å²) in [5.74, 6) is 0. The largest absolute Gasteiger partial charge is 0.398 e. The van der Waals surface area contributed by atoms with Crippen molar-refractivity contribution in [3.63, 3.8) is 0 Å². The molecule has 9 rings (SSSR count). The minimum atomic E-state index is -0.0853. The fraction of sp³-hybridized carbons (Fsp3) is 0.220. The highest BCUT2D eigenvalue weighted by molar-refractivity contribution is 6.10. The highest BCUT2D eigenvalue weighted by Gasteiger charge is 2.37. The zero-order valence-corrected chi connectivity index (χ0v) is 31.7. The van der Waals surface area contributed by atoms with Crippen LogP contribution in [0.15, 0.2) is 127 Å². The van der Waals surface area contributed by atoms with E-state index in [4.69, 9.17) is 11.1 Å². The van der Waals surface area contributed by atoms with Gasteiger partial charge in [-0.15, -0.1) is 0 Å². The Hall–Kier alpha value is -5.47. The van der Waals surface area contributed by atoms with Crippen LogP contribution in [-0.4, -0.2) is 5.71 Å². The summed E-state index contributed by atoms with van der Waals surface area (Å²) in [5, 5.41) is 8.84. The highest BCUT2D eigenvalue weighted by Crippen LogP contribution is 2.51. The summed E-state index contributed by atoms with van der Waals surface area (Å²) in [5.41, 5.74) is 28.3. The Kier molecular flexibility index (Phi) is 7.63. The van der Waals surface area contributed by atoms with E-state index in [0.717, 1.165) is 11.1 Å². The van der Waals surface area contributed by atoms with Crippen molar-refractivity contribution in [2.75, 3.05) is 0 Å². The lowest BCUT2D eigenvalue weighted by Crippen LogP contribution is -2.16. The summed E-state index contributed by atoms with van der Waals surface area (Å²) in [6.07, 6.45) is 1.80. The Balaban J connectivity index is 0.000000190. The zero-order valence-electron chi connectivity index (χ0n) is 31.7. The Morgan fingerprint density at radius 2 is 0.788 bits per heavy atom. The van der Waals surface area contributed by atoms with Crippen LogP contribution in [0.4, 0.5) is 0 Å². The molecule has 0 radical (unpaired) electrons. The van der Waals surface area contributed by atoms with E-state index in [9.17, 15) is 0 Å². The molecular formula is C50H48N2. The third-order valence-corrected chi connectivity index (χ3v) is 12.1. The third-order valence-electron chi connectivity index (χ3n) is 12.1. The van der Waals surface area contributed by atoms with Crippen LogP contribution in [0.3, 0.4) is 0 Å². The Bertz CT molecular complexity index is 2430. The van der Waals surface area contributed by atoms with Gasteiger partial charge in [-0.25, -0.2) is 0 Å². The van der Waals surface area contributed by atoms with Gasteiger partial charge in [0.2, 0.25) is 0 Å². The predicted molar refractivity (Wildman–Crippen MR) is 220 cm³/mol. The van der Waals surface area contributed by atoms with E-state index in [1.54, 1.807) is 6.08 Å². The lowest BCUT2D eigenvalue weighted by Gasteiger charge is -2.22. The third kappa shape index (κ3) is 5.11. The molecule has 0 unspecified atom stereocenters. The lowest BCUT2D eigenvalue weighted by atomic mass is 9.81. The minimum Gasteiger partial charge on any atom is -0.398 e. The molecule has 6 aromatic carbocycles. The van der Waals surface area contributed by atoms with Gasteiger partial charge in [0.15, 0.2) is 0 Å². The van der Waals surface area contributed by atoms with Crippen molar-refractivity contribution in [2.24, 2.45) is 5.73 Å². The van der Waals surface area contributed by atoms with Gasteiger partial charge in [-0.2, -0.15) is 0 Å². The summed E-state index contributed by atoms with van der Waals surface area (Å²) < 4.78 is 0. The van der Waals surface area contributed by atoms with Gasteiger partial charge in [0.05, 0.1) is 5.71 Å². The van der Waals surface area contributed by atoms with Crippen molar-refractivity contribution >= 4 is 11.4 Å². The van der Waals surface area contributed by atoms with Gasteiger partial charge in [-0.3, -0.25) is 0 Å². The molecule has 0 aliphatic heterocycles. The van der Waals surface area contributed by atoms with Crippen LogP contribution in [0.5, 0.6) is 0 Å². The van der Waals surface area contributed by atoms with E-state index < -0.39 is 0 Å². The summed E-state index contributed by atoms with van der Waals surface area (Å²) in [6, 6.07) is 43.7. The molecule has 52 heavy (non-hydrogen) atoms. The summed E-state index contributed by atoms with van der Waals surface area (Å²) >= 11 is 0. The van der Waals surface area contributed by atoms with Gasteiger partial charge in [0, 0.05) is 21.9 Å². The van der Waals surface area contributed by atoms with Crippen LogP contribution >= 0.6 is 0 Å². The molecule has 0 saturated heterocycles. The number of benzene rings is 6. The molecule has 0 atom stereocenters. The van der Waals surface area contributed by atoms with E-state index >= 15 is 0 Å². The molecule has 6 aromatic rings. The van der Waals surface area contributed by atoms with Crippen LogP contribution in [0.2, 0.25) is 0 Å². The van der Waals surface area contributed by atoms with E-state index in [1.165, 1.54) is 77.9 Å². The van der Waals surface area contributed by atoms with Crippen LogP contribution in [0, 0.1) is 19.3 Å². The average Bonchev–Trinajstić information content (AvgIpc) is 3.60. The van der Waals surface area contributed by atoms with Crippen LogP contribution < -0.4 is 5.73 Å². The van der Waals surface area contributed by atoms with Gasteiger partial charge >= 0.3 is 0 Å². The second-order valence-corrected chi connectivity index (χ2v) is 16.6. The number of fused-ring (bicyclic) bond motifs is 9. The maximum absolute atomic E-state index is 8.84. The Labute approximate surface area is 309 Å². The molecule has 258 valence electrons. The molecule has 0 amide bonds. The zero-order chi connectivity index (χ0) is 36.7. The topological polar surface area (TPSA) is 49.9 Å². The SMILES string of the molecule is CC1(C)c2ccccc2-c2ccc(C(=N)/C=C(\N)c3ccc4c(c3)C(C)(C)c3ccccc3-4)cc21.Cc1ccc2c(c1)C(C)(C)c1cc(C)ccc1-2. The van der Waals surface area contributed by atoms with Gasteiger partial charge in [0.1, 0.15) is 0 Å². The maximum Gasteiger partial charge on any atom is 0.0633 e. The first-order valence-electron chi connectivity index (χ1n) is 18.5. The second kappa shape index (κ2) is 11.8. The Morgan fingerprint density at radius 3 is 1.27 bits per heavy atom. The number of hydrogen-bond acceptors (Lipinski definition) is 2. The first-order chi connectivity index (χ1) is 24.7. The van der Waals surface area contributed by atoms with Crippen molar-refractivity contribution < 1.29 is 0 Å². The predicted octanol–water partition coefficient (Wildman–Crippen LogP) is 12.3. The summed E-state index contributed by atoms with van der Waals surface area (Å²) in [7, 11) is 0. The molecule has 0 bridgehead atoms. The monoisotopic (exact) mass is 676 g/mol. The van der Waals surface area contributed by atoms with Crippen molar-refractivity contribution in [1.82, 2.24) is 0 Å². The number of rotatable bonds is 3. The van der Waals surface area contributed by atoms with Crippen LogP contribution in [0.1, 0.15) is 97.2 Å². The van der Waals surface area contributed by atoms with Gasteiger partial charge in [-0.1, -0.05) is 162 Å². The fourth-order valence-corrected chi connectivity index (χ4v) is 9.04. The molecule has 0 spiro atoms. The molecule has 0 heterocycles. The highest BCUT2D eigenvalue weighted by atomic mass is 14.6. The quantitative estimate of drug-likeness (QED) is 0.180. The van der Waals surface area contributed by atoms with Gasteiger partial charge in [0.25, 0.3) is 0 Å². The molecule has 0 saturated carbocycles. The normalized spacial score (nSPS) is 16.0. The molecule has 2 heteroatoms. The lowest BCUT2D eigenvalue weighted by molar-refractivity contribution is 0.659. The molecule has 3 N–H and O–H groups in total. The number of hydrogen-bond donors (Lipinski definition) is 2. The van der Waals surface area contributed by atoms with Gasteiger partial charge in [-0.05, 0) is 110 Å². The second-order valence-electron chi connectivity index (χ2n) is 16.6. The van der Waals surface area contributed by atoms with Crippen molar-refractivity contribution in [3.8, 4) is 33.4 Å². The molecule has 3 aliphatic rings. The van der Waals surface area contributed by atoms with E-state index in [2.05, 4.69) is 171 Å². The number of aryl methyl sites for hydroxylation is 2. The fourth-order valence-electron chi connectivity index (χ4n) is 9.04. The Morgan fingerprint density at radius 1 is 0.442 bits per heavy atom. The van der Waals surface area contributed by atoms with Crippen molar-refractivity contribution in [3.05, 3.63) is 183 Å². The molecule has 2 nitrogen and oxygen atoms in total. The van der Waals surface area contributed by atoms with Crippen LogP contribution in [0.25, 0.3) is 39.1 Å². The van der Waals surface area contributed by atoms with Crippen LogP contribution in [-0.2, 0) is 16.2 Å². The number of nitrogens with one attached hydrogen (secondary N) is 1. The van der Waals surface area contributed by atoms with E-state index in [1.807, 2.05) is 6.07 Å². The van der Waals surface area contributed by atoms with Crippen molar-refractivity contribution in [2.45, 2.75) is 71.6 Å². The maximum atomic E-state index is 8.84. The summed E-state index contributed by atoms with van der Waals surface area (Å²) in [6.45, 7) is 18.1. The van der Waals surface area contributed by atoms with Crippen molar-refractivity contribution in [1.29, 1.82) is 5.41 Å². The van der Waals surface area contributed by atoms with E-state index in [-0.39, 0.29) is 16.2 Å².